The second-order valence-electron chi connectivity index (χ2n) is 5.56. The van der Waals surface area contributed by atoms with Crippen LogP contribution in [-0.2, 0) is 11.2 Å². The molecule has 0 saturated heterocycles. The number of rotatable bonds is 6. The van der Waals surface area contributed by atoms with E-state index in [4.69, 9.17) is 10.00 Å². The van der Waals surface area contributed by atoms with Crippen LogP contribution in [0.3, 0.4) is 0 Å². The van der Waals surface area contributed by atoms with Gasteiger partial charge in [0.2, 0.25) is 11.9 Å². The number of nitrogens with one attached hydrogen (secondary N) is 2. The number of amides is 1. The number of hydrogen-bond acceptors (Lipinski definition) is 5. The molecule has 1 aromatic heterocycles. The van der Waals surface area contributed by atoms with Gasteiger partial charge in [0.05, 0.1) is 24.3 Å². The molecule has 0 unspecified atom stereocenters. The molecule has 7 nitrogen and oxygen atoms in total. The van der Waals surface area contributed by atoms with E-state index in [0.717, 1.165) is 11.1 Å². The highest BCUT2D eigenvalue weighted by Gasteiger charge is 2.12. The van der Waals surface area contributed by atoms with Crippen LogP contribution in [0.25, 0.3) is 11.4 Å². The van der Waals surface area contributed by atoms with Crippen molar-refractivity contribution in [2.75, 3.05) is 12.4 Å². The minimum absolute atomic E-state index is 0.181. The summed E-state index contributed by atoms with van der Waals surface area (Å²) in [7, 11) is 1.58. The Morgan fingerprint density at radius 2 is 2.00 bits per heavy atom. The number of carbonyl (C=O) groups is 1. The zero-order valence-electron chi connectivity index (χ0n) is 14.2. The fraction of sp³-hybridized carbons (Fsp3) is 0.158. The van der Waals surface area contributed by atoms with Crippen LogP contribution in [0, 0.1) is 11.3 Å². The van der Waals surface area contributed by atoms with E-state index >= 15 is 0 Å². The molecule has 0 bridgehead atoms. The zero-order chi connectivity index (χ0) is 18.4. The van der Waals surface area contributed by atoms with Gasteiger partial charge in [0.1, 0.15) is 5.75 Å². The predicted octanol–water partition coefficient (Wildman–Crippen LogP) is 2.92. The number of ether oxygens (including phenoxy) is 1. The quantitative estimate of drug-likeness (QED) is 0.713. The summed E-state index contributed by atoms with van der Waals surface area (Å²) in [6.07, 6.45) is 0.867. The summed E-state index contributed by atoms with van der Waals surface area (Å²) in [6, 6.07) is 16.7. The number of aromatic amines is 1. The number of carbonyl (C=O) groups excluding carboxylic acids is 1. The lowest BCUT2D eigenvalue weighted by atomic mass is 10.1. The molecule has 0 spiro atoms. The molecule has 1 amide bonds. The van der Waals surface area contributed by atoms with Gasteiger partial charge < -0.3 is 4.74 Å². The van der Waals surface area contributed by atoms with Gasteiger partial charge in [-0.15, -0.1) is 5.10 Å². The maximum atomic E-state index is 12.1. The van der Waals surface area contributed by atoms with Gasteiger partial charge in [-0.1, -0.05) is 24.3 Å². The summed E-state index contributed by atoms with van der Waals surface area (Å²) in [5.74, 6) is 1.22. The Bertz CT molecular complexity index is 941. The number of aromatic nitrogens is 3. The summed E-state index contributed by atoms with van der Waals surface area (Å²) >= 11 is 0. The summed E-state index contributed by atoms with van der Waals surface area (Å²) in [4.78, 5) is 16.4. The highest BCUT2D eigenvalue weighted by Crippen LogP contribution is 2.27. The van der Waals surface area contributed by atoms with Gasteiger partial charge in [0.25, 0.3) is 0 Å². The first-order chi connectivity index (χ1) is 12.7. The fourth-order valence-corrected chi connectivity index (χ4v) is 2.47. The smallest absolute Gasteiger partial charge is 0.249 e. The van der Waals surface area contributed by atoms with Gasteiger partial charge in [-0.05, 0) is 36.2 Å². The Hall–Kier alpha value is -3.66. The zero-order valence-corrected chi connectivity index (χ0v) is 14.2. The van der Waals surface area contributed by atoms with E-state index in [1.807, 2.05) is 36.4 Å². The average molecular weight is 347 g/mol. The second kappa shape index (κ2) is 7.94. The van der Waals surface area contributed by atoms with Crippen LogP contribution in [0.15, 0.2) is 48.5 Å². The minimum Gasteiger partial charge on any atom is -0.496 e. The molecule has 2 N–H and O–H groups in total. The largest absolute Gasteiger partial charge is 0.496 e. The molecule has 2 aromatic carbocycles. The number of aryl methyl sites for hydroxylation is 1. The molecule has 0 atom stereocenters. The first-order valence-electron chi connectivity index (χ1n) is 8.04. The molecule has 3 aromatic rings. The number of benzene rings is 2. The number of methoxy groups -OCH3 is 1. The molecule has 26 heavy (non-hydrogen) atoms. The minimum atomic E-state index is -0.181. The monoisotopic (exact) mass is 347 g/mol. The van der Waals surface area contributed by atoms with Crippen LogP contribution in [0.4, 0.5) is 5.95 Å². The van der Waals surface area contributed by atoms with Crippen LogP contribution in [0.5, 0.6) is 5.75 Å². The maximum Gasteiger partial charge on any atom is 0.249 e. The predicted molar refractivity (Wildman–Crippen MR) is 96.5 cm³/mol. The first kappa shape index (κ1) is 17.2. The van der Waals surface area contributed by atoms with E-state index < -0.39 is 0 Å². The van der Waals surface area contributed by atoms with Crippen LogP contribution in [0.2, 0.25) is 0 Å². The Kier molecular flexibility index (Phi) is 5.25. The molecule has 1 heterocycles. The van der Waals surface area contributed by atoms with Gasteiger partial charge in [-0.3, -0.25) is 15.2 Å². The van der Waals surface area contributed by atoms with E-state index in [1.165, 1.54) is 0 Å². The number of nitrogens with zero attached hydrogens (tertiary/aromatic N) is 3. The van der Waals surface area contributed by atoms with Crippen molar-refractivity contribution in [1.82, 2.24) is 15.2 Å². The number of para-hydroxylation sites is 1. The fourth-order valence-electron chi connectivity index (χ4n) is 2.47. The lowest BCUT2D eigenvalue weighted by molar-refractivity contribution is -0.116. The van der Waals surface area contributed by atoms with Crippen LogP contribution in [-0.4, -0.2) is 28.2 Å². The number of hydrogen-bond donors (Lipinski definition) is 2. The molecule has 7 heteroatoms. The molecule has 130 valence electrons. The summed E-state index contributed by atoms with van der Waals surface area (Å²) < 4.78 is 5.30. The Morgan fingerprint density at radius 1 is 1.23 bits per heavy atom. The van der Waals surface area contributed by atoms with Gasteiger partial charge in [0.15, 0.2) is 5.82 Å². The third kappa shape index (κ3) is 4.05. The van der Waals surface area contributed by atoms with E-state index in [1.54, 1.807) is 19.2 Å². The number of H-pyrrole nitrogens is 1. The number of nitriles is 1. The topological polar surface area (TPSA) is 104 Å². The highest BCUT2D eigenvalue weighted by atomic mass is 16.5. The van der Waals surface area contributed by atoms with Crippen LogP contribution in [0.1, 0.15) is 17.5 Å². The van der Waals surface area contributed by atoms with E-state index in [2.05, 4.69) is 26.6 Å². The van der Waals surface area contributed by atoms with Crippen molar-refractivity contribution in [3.05, 3.63) is 59.7 Å². The first-order valence-corrected chi connectivity index (χ1v) is 8.04. The second-order valence-corrected chi connectivity index (χ2v) is 5.56. The summed E-state index contributed by atoms with van der Waals surface area (Å²) in [5.41, 5.74) is 2.35. The highest BCUT2D eigenvalue weighted by molar-refractivity contribution is 5.89. The van der Waals surface area contributed by atoms with Gasteiger partial charge in [0, 0.05) is 6.42 Å². The van der Waals surface area contributed by atoms with E-state index in [9.17, 15) is 4.79 Å². The summed E-state index contributed by atoms with van der Waals surface area (Å²) in [6.45, 7) is 0. The van der Waals surface area contributed by atoms with Crippen LogP contribution < -0.4 is 10.1 Å². The molecule has 0 fully saturated rings. The molecule has 0 aliphatic rings. The Morgan fingerprint density at radius 3 is 2.73 bits per heavy atom. The van der Waals surface area contributed by atoms with Crippen molar-refractivity contribution in [1.29, 1.82) is 5.26 Å². The van der Waals surface area contributed by atoms with Crippen molar-refractivity contribution in [3.63, 3.8) is 0 Å². The number of anilines is 1. The molecule has 0 aliphatic heterocycles. The molecule has 0 radical (unpaired) electrons. The Balaban J connectivity index is 1.60. The van der Waals surface area contributed by atoms with Gasteiger partial charge >= 0.3 is 0 Å². The lowest BCUT2D eigenvalue weighted by Crippen LogP contribution is -2.13. The maximum absolute atomic E-state index is 12.1. The van der Waals surface area contributed by atoms with E-state index in [0.29, 0.717) is 30.0 Å². The molecule has 0 saturated carbocycles. The summed E-state index contributed by atoms with van der Waals surface area (Å²) in [5, 5.41) is 18.3. The van der Waals surface area contributed by atoms with Crippen molar-refractivity contribution >= 4 is 11.9 Å². The molecular formula is C19H17N5O2. The van der Waals surface area contributed by atoms with Crippen LogP contribution >= 0.6 is 0 Å². The van der Waals surface area contributed by atoms with Gasteiger partial charge in [-0.25, -0.2) is 0 Å². The van der Waals surface area contributed by atoms with E-state index in [-0.39, 0.29) is 11.9 Å². The van der Waals surface area contributed by atoms with Gasteiger partial charge in [-0.2, -0.15) is 10.2 Å². The van der Waals surface area contributed by atoms with Crippen molar-refractivity contribution < 1.29 is 9.53 Å². The van der Waals surface area contributed by atoms with Crippen molar-refractivity contribution in [3.8, 4) is 23.2 Å². The third-order valence-corrected chi connectivity index (χ3v) is 3.82. The standard InChI is InChI=1S/C19H17N5O2/c1-26-16-5-3-2-4-15(16)18-22-19(24-23-18)21-17(25)11-10-13-6-8-14(12-20)9-7-13/h2-9H,10-11H2,1H3,(H2,21,22,23,24,25). The van der Waals surface area contributed by atoms with Crippen molar-refractivity contribution in [2.45, 2.75) is 12.8 Å². The third-order valence-electron chi connectivity index (χ3n) is 3.82. The normalized spacial score (nSPS) is 10.2. The molecule has 0 aliphatic carbocycles. The molecule has 3 rings (SSSR count). The molecular weight excluding hydrogens is 330 g/mol. The SMILES string of the molecule is COc1ccccc1-c1nc(NC(=O)CCc2ccc(C#N)cc2)n[nH]1. The Labute approximate surface area is 150 Å². The van der Waals surface area contributed by atoms with Crippen molar-refractivity contribution in [2.24, 2.45) is 0 Å². The lowest BCUT2D eigenvalue weighted by Gasteiger charge is -2.04. The average Bonchev–Trinajstić information content (AvgIpc) is 3.15.